The molecule has 0 radical (unpaired) electrons. The van der Waals surface area contributed by atoms with E-state index < -0.39 is 15.9 Å². The highest BCUT2D eigenvalue weighted by Crippen LogP contribution is 2.27. The first-order valence-corrected chi connectivity index (χ1v) is 4.97. The second-order valence-corrected chi connectivity index (χ2v) is 3.85. The summed E-state index contributed by atoms with van der Waals surface area (Å²) in [4.78, 5) is 10.3. The molecular weight excluding hydrogens is 204 g/mol. The molecule has 0 saturated heterocycles. The van der Waals surface area contributed by atoms with E-state index in [1.54, 1.807) is 18.2 Å². The molecular formula is C8H6N2O3S. The molecule has 5 nitrogen and oxygen atoms in total. The summed E-state index contributed by atoms with van der Waals surface area (Å²) in [7, 11) is -1.53. The van der Waals surface area contributed by atoms with Gasteiger partial charge >= 0.3 is 0 Å². The Morgan fingerprint density at radius 2 is 2.21 bits per heavy atom. The molecule has 1 aliphatic rings. The van der Waals surface area contributed by atoms with Gasteiger partial charge in [-0.15, -0.1) is 0 Å². The zero-order valence-electron chi connectivity index (χ0n) is 6.97. The van der Waals surface area contributed by atoms with Crippen LogP contribution in [0.3, 0.4) is 0 Å². The van der Waals surface area contributed by atoms with E-state index >= 15 is 0 Å². The van der Waals surface area contributed by atoms with Crippen molar-refractivity contribution in [1.29, 1.82) is 0 Å². The molecule has 72 valence electrons. The Labute approximate surface area is 82.2 Å². The molecule has 1 N–H and O–H groups in total. The Hall–Kier alpha value is -1.69. The third-order valence-corrected chi connectivity index (χ3v) is 3.01. The maximum absolute atomic E-state index is 11.5. The van der Waals surface area contributed by atoms with Gasteiger partial charge in [0.15, 0.2) is 11.0 Å². The van der Waals surface area contributed by atoms with Gasteiger partial charge in [0.05, 0.1) is 4.92 Å². The van der Waals surface area contributed by atoms with Gasteiger partial charge in [0.1, 0.15) is 4.90 Å². The van der Waals surface area contributed by atoms with Gasteiger partial charge in [-0.25, -0.2) is 4.21 Å². The molecule has 1 aliphatic heterocycles. The molecule has 0 bridgehead atoms. The zero-order chi connectivity index (χ0) is 10.1. The third-order valence-electron chi connectivity index (χ3n) is 1.84. The van der Waals surface area contributed by atoms with Crippen molar-refractivity contribution < 1.29 is 9.13 Å². The summed E-state index contributed by atoms with van der Waals surface area (Å²) in [6.45, 7) is 0. The first kappa shape index (κ1) is 8.89. The van der Waals surface area contributed by atoms with Crippen molar-refractivity contribution in [3.8, 4) is 0 Å². The smallest absolute Gasteiger partial charge is 0.287 e. The Bertz CT molecular complexity index is 456. The minimum atomic E-state index is -1.53. The number of rotatable bonds is 1. The molecule has 1 aromatic carbocycles. The number of hydrogen-bond acceptors (Lipinski definition) is 3. The van der Waals surface area contributed by atoms with E-state index in [0.29, 0.717) is 5.56 Å². The van der Waals surface area contributed by atoms with Gasteiger partial charge in [0, 0.05) is 17.8 Å². The monoisotopic (exact) mass is 210 g/mol. The SMILES string of the molecule is O=[N+]([O-])c1cccc2c1S(=O)NC=C2. The number of nitro benzene ring substituents is 1. The van der Waals surface area contributed by atoms with Crippen molar-refractivity contribution in [2.45, 2.75) is 4.90 Å². The number of hydrogen-bond donors (Lipinski definition) is 1. The summed E-state index contributed by atoms with van der Waals surface area (Å²) in [6.07, 6.45) is 3.17. The summed E-state index contributed by atoms with van der Waals surface area (Å²) in [5.41, 5.74) is 0.508. The molecule has 0 fully saturated rings. The van der Waals surface area contributed by atoms with Crippen LogP contribution >= 0.6 is 0 Å². The molecule has 0 aliphatic carbocycles. The summed E-state index contributed by atoms with van der Waals surface area (Å²) >= 11 is 0. The quantitative estimate of drug-likeness (QED) is 0.559. The van der Waals surface area contributed by atoms with Crippen LogP contribution in [-0.2, 0) is 11.0 Å². The fourth-order valence-corrected chi connectivity index (χ4v) is 2.26. The molecule has 6 heteroatoms. The summed E-state index contributed by atoms with van der Waals surface area (Å²) < 4.78 is 14.0. The predicted molar refractivity (Wildman–Crippen MR) is 51.7 cm³/mol. The Balaban J connectivity index is 2.70. The fraction of sp³-hybridized carbons (Fsp3) is 0. The second kappa shape index (κ2) is 3.22. The molecule has 1 unspecified atom stereocenters. The lowest BCUT2D eigenvalue weighted by molar-refractivity contribution is -0.387. The first-order chi connectivity index (χ1) is 6.70. The van der Waals surface area contributed by atoms with E-state index in [1.165, 1.54) is 12.3 Å². The van der Waals surface area contributed by atoms with E-state index in [-0.39, 0.29) is 10.6 Å². The Morgan fingerprint density at radius 1 is 1.43 bits per heavy atom. The van der Waals surface area contributed by atoms with Crippen LogP contribution in [0.25, 0.3) is 6.08 Å². The van der Waals surface area contributed by atoms with Crippen LogP contribution in [0.4, 0.5) is 5.69 Å². The number of nitrogens with one attached hydrogen (secondary N) is 1. The van der Waals surface area contributed by atoms with Crippen molar-refractivity contribution in [3.05, 3.63) is 40.1 Å². The van der Waals surface area contributed by atoms with E-state index in [0.717, 1.165) is 0 Å². The predicted octanol–water partition coefficient (Wildman–Crippen LogP) is 1.19. The van der Waals surface area contributed by atoms with Crippen molar-refractivity contribution in [2.75, 3.05) is 0 Å². The summed E-state index contributed by atoms with van der Waals surface area (Å²) in [6, 6.07) is 4.61. The maximum Gasteiger partial charge on any atom is 0.287 e. The number of fused-ring (bicyclic) bond motifs is 1. The minimum Gasteiger partial charge on any atom is -0.308 e. The molecule has 14 heavy (non-hydrogen) atoms. The normalized spacial score (nSPS) is 18.4. The zero-order valence-corrected chi connectivity index (χ0v) is 7.78. The van der Waals surface area contributed by atoms with E-state index in [9.17, 15) is 14.3 Å². The minimum absolute atomic E-state index is 0.113. The summed E-state index contributed by atoms with van der Waals surface area (Å²) in [5.74, 6) is 0. The van der Waals surface area contributed by atoms with Crippen LogP contribution in [-0.4, -0.2) is 9.13 Å². The third kappa shape index (κ3) is 1.29. The van der Waals surface area contributed by atoms with Crippen molar-refractivity contribution in [3.63, 3.8) is 0 Å². The topological polar surface area (TPSA) is 72.2 Å². The van der Waals surface area contributed by atoms with Crippen LogP contribution in [0.2, 0.25) is 0 Å². The van der Waals surface area contributed by atoms with Crippen LogP contribution in [0, 0.1) is 10.1 Å². The summed E-state index contributed by atoms with van der Waals surface area (Å²) in [5, 5.41) is 10.6. The molecule has 1 atom stereocenters. The van der Waals surface area contributed by atoms with E-state index in [4.69, 9.17) is 0 Å². The van der Waals surface area contributed by atoms with Gasteiger partial charge in [-0.05, 0) is 6.08 Å². The first-order valence-electron chi connectivity index (χ1n) is 3.82. The van der Waals surface area contributed by atoms with Gasteiger partial charge in [0.25, 0.3) is 5.69 Å². The highest BCUT2D eigenvalue weighted by Gasteiger charge is 2.23. The van der Waals surface area contributed by atoms with Crippen LogP contribution in [0.1, 0.15) is 5.56 Å². The lowest BCUT2D eigenvalue weighted by Gasteiger charge is -2.10. The number of nitro groups is 1. The van der Waals surface area contributed by atoms with E-state index in [2.05, 4.69) is 4.72 Å². The molecule has 0 aromatic heterocycles. The van der Waals surface area contributed by atoms with Gasteiger partial charge in [-0.1, -0.05) is 12.1 Å². The Morgan fingerprint density at radius 3 is 2.93 bits per heavy atom. The van der Waals surface area contributed by atoms with Crippen molar-refractivity contribution >= 4 is 22.7 Å². The lowest BCUT2D eigenvalue weighted by Crippen LogP contribution is -2.16. The second-order valence-electron chi connectivity index (χ2n) is 2.67. The van der Waals surface area contributed by atoms with Crippen molar-refractivity contribution in [1.82, 2.24) is 4.72 Å². The molecule has 1 heterocycles. The van der Waals surface area contributed by atoms with E-state index in [1.807, 2.05) is 0 Å². The lowest BCUT2D eigenvalue weighted by atomic mass is 10.2. The fourth-order valence-electron chi connectivity index (χ4n) is 1.26. The van der Waals surface area contributed by atoms with Crippen molar-refractivity contribution in [2.24, 2.45) is 0 Å². The standard InChI is InChI=1S/C8H6N2O3S/c11-10(12)7-3-1-2-6-4-5-9-14(13)8(6)7/h1-5,9H. The molecule has 0 amide bonds. The Kier molecular flexibility index (Phi) is 2.05. The van der Waals surface area contributed by atoms with Gasteiger partial charge < -0.3 is 4.72 Å². The van der Waals surface area contributed by atoms with Crippen LogP contribution < -0.4 is 4.72 Å². The number of nitrogens with zero attached hydrogens (tertiary/aromatic N) is 1. The number of benzene rings is 1. The van der Waals surface area contributed by atoms with Gasteiger partial charge in [0.2, 0.25) is 0 Å². The highest BCUT2D eigenvalue weighted by molar-refractivity contribution is 7.83. The average molecular weight is 210 g/mol. The molecule has 1 aromatic rings. The molecule has 2 rings (SSSR count). The van der Waals surface area contributed by atoms with Crippen LogP contribution in [0.5, 0.6) is 0 Å². The van der Waals surface area contributed by atoms with Crippen LogP contribution in [0.15, 0.2) is 29.3 Å². The maximum atomic E-state index is 11.5. The highest BCUT2D eigenvalue weighted by atomic mass is 32.2. The van der Waals surface area contributed by atoms with Gasteiger partial charge in [-0.3, -0.25) is 10.1 Å². The molecule has 0 saturated carbocycles. The molecule has 0 spiro atoms. The average Bonchev–Trinajstić information content (AvgIpc) is 2.17. The van der Waals surface area contributed by atoms with Gasteiger partial charge in [-0.2, -0.15) is 0 Å². The largest absolute Gasteiger partial charge is 0.308 e.